The summed E-state index contributed by atoms with van der Waals surface area (Å²) in [6, 6.07) is 2.08. The maximum Gasteiger partial charge on any atom is 0.229 e. The van der Waals surface area contributed by atoms with Gasteiger partial charge in [-0.25, -0.2) is 0 Å². The predicted octanol–water partition coefficient (Wildman–Crippen LogP) is 1.92. The summed E-state index contributed by atoms with van der Waals surface area (Å²) in [7, 11) is 3.83. The molecule has 0 aromatic carbocycles. The monoisotopic (exact) mass is 249 g/mol. The number of aromatic nitrogens is 3. The fourth-order valence-electron chi connectivity index (χ4n) is 1.32. The van der Waals surface area contributed by atoms with Crippen molar-refractivity contribution in [1.82, 2.24) is 15.0 Å². The molecule has 0 saturated carbocycles. The summed E-state index contributed by atoms with van der Waals surface area (Å²) in [4.78, 5) is 14.7. The fourth-order valence-corrected chi connectivity index (χ4v) is 1.99. The van der Waals surface area contributed by atoms with E-state index in [2.05, 4.69) is 37.1 Å². The zero-order valence-electron chi connectivity index (χ0n) is 10.1. The highest BCUT2D eigenvalue weighted by molar-refractivity contribution is 7.07. The van der Waals surface area contributed by atoms with Gasteiger partial charge in [0.15, 0.2) is 0 Å². The van der Waals surface area contributed by atoms with Crippen LogP contribution in [0, 0.1) is 6.92 Å². The first-order valence-corrected chi connectivity index (χ1v) is 6.24. The van der Waals surface area contributed by atoms with Gasteiger partial charge in [0.25, 0.3) is 0 Å². The summed E-state index contributed by atoms with van der Waals surface area (Å²) in [5, 5.41) is 7.36. The molecule has 0 radical (unpaired) electrons. The van der Waals surface area contributed by atoms with Crippen molar-refractivity contribution >= 4 is 23.2 Å². The molecule has 1 N–H and O–H groups in total. The van der Waals surface area contributed by atoms with E-state index in [1.54, 1.807) is 11.3 Å². The van der Waals surface area contributed by atoms with Crippen LogP contribution in [0.2, 0.25) is 0 Å². The number of nitrogens with zero attached hydrogens (tertiary/aromatic N) is 4. The lowest BCUT2D eigenvalue weighted by Gasteiger charge is -2.12. The van der Waals surface area contributed by atoms with E-state index in [4.69, 9.17) is 0 Å². The van der Waals surface area contributed by atoms with Gasteiger partial charge in [-0.1, -0.05) is 0 Å². The van der Waals surface area contributed by atoms with Crippen LogP contribution in [0.4, 0.5) is 11.9 Å². The van der Waals surface area contributed by atoms with E-state index in [0.717, 1.165) is 12.4 Å². The number of rotatable bonds is 4. The van der Waals surface area contributed by atoms with Crippen molar-refractivity contribution in [3.63, 3.8) is 0 Å². The molecule has 0 aliphatic rings. The first-order chi connectivity index (χ1) is 8.15. The molecule has 5 nitrogen and oxygen atoms in total. The average molecular weight is 249 g/mol. The molecule has 0 aliphatic carbocycles. The van der Waals surface area contributed by atoms with E-state index in [1.165, 1.54) is 5.56 Å². The third-order valence-corrected chi connectivity index (χ3v) is 2.90. The van der Waals surface area contributed by atoms with Gasteiger partial charge >= 0.3 is 0 Å². The first kappa shape index (κ1) is 11.8. The Balaban J connectivity index is 2.10. The van der Waals surface area contributed by atoms with Gasteiger partial charge in [-0.2, -0.15) is 26.3 Å². The second kappa shape index (κ2) is 5.09. The zero-order chi connectivity index (χ0) is 12.3. The highest BCUT2D eigenvalue weighted by Gasteiger charge is 2.05. The molecular formula is C11H15N5S. The molecule has 2 rings (SSSR count). The van der Waals surface area contributed by atoms with Crippen molar-refractivity contribution < 1.29 is 0 Å². The van der Waals surface area contributed by atoms with E-state index in [1.807, 2.05) is 25.9 Å². The van der Waals surface area contributed by atoms with E-state index in [0.29, 0.717) is 11.9 Å². The van der Waals surface area contributed by atoms with Crippen molar-refractivity contribution in [1.29, 1.82) is 0 Å². The van der Waals surface area contributed by atoms with Crippen molar-refractivity contribution in [2.75, 3.05) is 24.3 Å². The minimum absolute atomic E-state index is 0.618. The lowest BCUT2D eigenvalue weighted by atomic mass is 10.3. The Morgan fingerprint density at radius 2 is 2.12 bits per heavy atom. The highest BCUT2D eigenvalue weighted by Crippen LogP contribution is 2.10. The molecule has 0 fully saturated rings. The smallest absolute Gasteiger partial charge is 0.229 e. The molecule has 6 heteroatoms. The molecular weight excluding hydrogens is 234 g/mol. The number of nitrogens with one attached hydrogen (secondary N) is 1. The van der Waals surface area contributed by atoms with Crippen LogP contribution in [0.3, 0.4) is 0 Å². The Morgan fingerprint density at radius 1 is 1.29 bits per heavy atom. The van der Waals surface area contributed by atoms with E-state index >= 15 is 0 Å². The van der Waals surface area contributed by atoms with Crippen LogP contribution in [0.15, 0.2) is 16.8 Å². The van der Waals surface area contributed by atoms with Gasteiger partial charge in [-0.15, -0.1) is 0 Å². The molecule has 2 aromatic rings. The Kier molecular flexibility index (Phi) is 3.53. The van der Waals surface area contributed by atoms with Crippen molar-refractivity contribution in [2.45, 2.75) is 13.5 Å². The second-order valence-corrected chi connectivity index (χ2v) is 4.67. The molecule has 0 atom stereocenters. The van der Waals surface area contributed by atoms with Gasteiger partial charge in [-0.05, 0) is 29.3 Å². The Labute approximate surface area is 105 Å². The molecule has 0 spiro atoms. The molecule has 0 unspecified atom stereocenters. The summed E-state index contributed by atoms with van der Waals surface area (Å²) in [6.45, 7) is 2.60. The van der Waals surface area contributed by atoms with Gasteiger partial charge in [-0.3, -0.25) is 0 Å². The standard InChI is InChI=1S/C11H15N5S/c1-8-13-10(15-11(14-8)16(2)3)12-6-9-4-5-17-7-9/h4-5,7H,6H2,1-3H3,(H,12,13,14,15). The molecule has 90 valence electrons. The van der Waals surface area contributed by atoms with Gasteiger partial charge in [0.05, 0.1) is 0 Å². The third kappa shape index (κ3) is 3.13. The van der Waals surface area contributed by atoms with Gasteiger partial charge < -0.3 is 10.2 Å². The molecule has 0 saturated heterocycles. The third-order valence-electron chi connectivity index (χ3n) is 2.17. The van der Waals surface area contributed by atoms with Crippen molar-refractivity contribution in [2.24, 2.45) is 0 Å². The maximum atomic E-state index is 4.33. The van der Waals surface area contributed by atoms with E-state index in [9.17, 15) is 0 Å². The Hall–Kier alpha value is -1.69. The summed E-state index contributed by atoms with van der Waals surface area (Å²) < 4.78 is 0. The predicted molar refractivity (Wildman–Crippen MR) is 70.5 cm³/mol. The summed E-state index contributed by atoms with van der Waals surface area (Å²) >= 11 is 1.68. The maximum absolute atomic E-state index is 4.33. The Bertz CT molecular complexity index is 481. The minimum Gasteiger partial charge on any atom is -0.350 e. The number of thiophene rings is 1. The van der Waals surface area contributed by atoms with E-state index < -0.39 is 0 Å². The molecule has 0 aliphatic heterocycles. The first-order valence-electron chi connectivity index (χ1n) is 5.30. The van der Waals surface area contributed by atoms with E-state index in [-0.39, 0.29) is 0 Å². The largest absolute Gasteiger partial charge is 0.350 e. The van der Waals surface area contributed by atoms with Crippen molar-refractivity contribution in [3.05, 3.63) is 28.2 Å². The average Bonchev–Trinajstić information content (AvgIpc) is 2.78. The molecule has 2 heterocycles. The molecule has 17 heavy (non-hydrogen) atoms. The summed E-state index contributed by atoms with van der Waals surface area (Å²) in [5.74, 6) is 2.01. The van der Waals surface area contributed by atoms with Gasteiger partial charge in [0, 0.05) is 20.6 Å². The van der Waals surface area contributed by atoms with Crippen LogP contribution in [-0.4, -0.2) is 29.0 Å². The zero-order valence-corrected chi connectivity index (χ0v) is 11.0. The van der Waals surface area contributed by atoms with Crippen LogP contribution in [0.25, 0.3) is 0 Å². The highest BCUT2D eigenvalue weighted by atomic mass is 32.1. The number of hydrogen-bond acceptors (Lipinski definition) is 6. The van der Waals surface area contributed by atoms with Gasteiger partial charge in [0.1, 0.15) is 5.82 Å². The topological polar surface area (TPSA) is 53.9 Å². The summed E-state index contributed by atoms with van der Waals surface area (Å²) in [5.41, 5.74) is 1.24. The second-order valence-electron chi connectivity index (χ2n) is 3.89. The molecule has 0 amide bonds. The molecule has 0 bridgehead atoms. The normalized spacial score (nSPS) is 10.3. The minimum atomic E-state index is 0.618. The quantitative estimate of drug-likeness (QED) is 0.897. The van der Waals surface area contributed by atoms with Crippen LogP contribution in [0.5, 0.6) is 0 Å². The van der Waals surface area contributed by atoms with Gasteiger partial charge in [0.2, 0.25) is 11.9 Å². The Morgan fingerprint density at radius 3 is 2.76 bits per heavy atom. The molecule has 2 aromatic heterocycles. The lowest BCUT2D eigenvalue weighted by molar-refractivity contribution is 0.908. The van der Waals surface area contributed by atoms with Crippen LogP contribution in [0.1, 0.15) is 11.4 Å². The van der Waals surface area contributed by atoms with Crippen LogP contribution < -0.4 is 10.2 Å². The van der Waals surface area contributed by atoms with Crippen LogP contribution in [-0.2, 0) is 6.54 Å². The lowest BCUT2D eigenvalue weighted by Crippen LogP contribution is -2.15. The SMILES string of the molecule is Cc1nc(NCc2ccsc2)nc(N(C)C)n1. The number of hydrogen-bond donors (Lipinski definition) is 1. The number of aryl methyl sites for hydroxylation is 1. The van der Waals surface area contributed by atoms with Crippen LogP contribution >= 0.6 is 11.3 Å². The summed E-state index contributed by atoms with van der Waals surface area (Å²) in [6.07, 6.45) is 0. The van der Waals surface area contributed by atoms with Crippen molar-refractivity contribution in [3.8, 4) is 0 Å². The fraction of sp³-hybridized carbons (Fsp3) is 0.364. The number of anilines is 2.